The molecule has 1 aliphatic rings. The van der Waals surface area contributed by atoms with Crippen molar-refractivity contribution >= 4 is 43.5 Å². The molecule has 1 saturated heterocycles. The number of carbonyl (C=O) groups excluding carboxylic acids is 1. The molecule has 0 aliphatic carbocycles. The molecule has 1 aromatic rings. The third-order valence-corrected chi connectivity index (χ3v) is 6.45. The van der Waals surface area contributed by atoms with Crippen LogP contribution in [0.3, 0.4) is 0 Å². The quantitative estimate of drug-likeness (QED) is 0.850. The summed E-state index contributed by atoms with van der Waals surface area (Å²) in [5.41, 5.74) is 5.18. The molecule has 1 amide bonds. The van der Waals surface area contributed by atoms with Crippen LogP contribution >= 0.6 is 27.5 Å². The number of sulfonamides is 1. The highest BCUT2D eigenvalue weighted by atomic mass is 79.9. The number of amides is 1. The number of hydrogen-bond donors (Lipinski definition) is 1. The molecule has 116 valence electrons. The lowest BCUT2D eigenvalue weighted by molar-refractivity contribution is -0.119. The van der Waals surface area contributed by atoms with Gasteiger partial charge in [-0.05, 0) is 37.0 Å². The number of nitrogens with zero attached hydrogens (tertiary/aromatic N) is 1. The van der Waals surface area contributed by atoms with E-state index < -0.39 is 10.0 Å². The van der Waals surface area contributed by atoms with Gasteiger partial charge >= 0.3 is 0 Å². The molecule has 1 fully saturated rings. The number of primary amides is 1. The maximum absolute atomic E-state index is 12.6. The Morgan fingerprint density at radius 3 is 2.52 bits per heavy atom. The third kappa shape index (κ3) is 3.97. The lowest BCUT2D eigenvalue weighted by atomic mass is 9.94. The second-order valence-corrected chi connectivity index (χ2v) is 8.32. The smallest absolute Gasteiger partial charge is 0.244 e. The maximum atomic E-state index is 12.6. The lowest BCUT2D eigenvalue weighted by Gasteiger charge is -2.30. The zero-order valence-corrected chi connectivity index (χ0v) is 14.4. The number of halogens is 2. The predicted octanol–water partition coefficient (Wildman–Crippen LogP) is 2.38. The average Bonchev–Trinajstić information content (AvgIpc) is 2.38. The van der Waals surface area contributed by atoms with Crippen LogP contribution < -0.4 is 5.73 Å². The minimum atomic E-state index is -3.60. The predicted molar refractivity (Wildman–Crippen MR) is 84.4 cm³/mol. The summed E-state index contributed by atoms with van der Waals surface area (Å²) in [4.78, 5) is 11.0. The van der Waals surface area contributed by atoms with E-state index in [-0.39, 0.29) is 21.7 Å². The number of nitrogens with two attached hydrogens (primary N) is 1. The van der Waals surface area contributed by atoms with Gasteiger partial charge in [-0.25, -0.2) is 8.42 Å². The van der Waals surface area contributed by atoms with Gasteiger partial charge in [0.1, 0.15) is 4.90 Å². The normalized spacial score (nSPS) is 17.8. The standard InChI is InChI=1S/C13H16BrClN2O3S/c14-10-1-2-12(11(15)8-10)21(19,20)17-5-3-9(4-6-17)7-13(16)18/h1-2,8-9H,3-7H2,(H2,16,18). The summed E-state index contributed by atoms with van der Waals surface area (Å²) in [5.74, 6) is -0.179. The summed E-state index contributed by atoms with van der Waals surface area (Å²) in [6.07, 6.45) is 1.58. The topological polar surface area (TPSA) is 80.5 Å². The van der Waals surface area contributed by atoms with Gasteiger partial charge in [-0.1, -0.05) is 27.5 Å². The van der Waals surface area contributed by atoms with Crippen molar-refractivity contribution in [2.45, 2.75) is 24.2 Å². The summed E-state index contributed by atoms with van der Waals surface area (Å²) in [6, 6.07) is 4.71. The van der Waals surface area contributed by atoms with Crippen LogP contribution in [0.5, 0.6) is 0 Å². The number of carbonyl (C=O) groups is 1. The Labute approximate surface area is 137 Å². The zero-order chi connectivity index (χ0) is 15.6. The van der Waals surface area contributed by atoms with E-state index in [0.717, 1.165) is 4.47 Å². The first-order chi connectivity index (χ1) is 9.80. The Balaban J connectivity index is 2.13. The number of hydrogen-bond acceptors (Lipinski definition) is 3. The molecule has 5 nitrogen and oxygen atoms in total. The van der Waals surface area contributed by atoms with E-state index in [1.54, 1.807) is 12.1 Å². The van der Waals surface area contributed by atoms with Crippen molar-refractivity contribution in [2.75, 3.05) is 13.1 Å². The van der Waals surface area contributed by atoms with Crippen LogP contribution in [0.4, 0.5) is 0 Å². The number of rotatable bonds is 4. The van der Waals surface area contributed by atoms with Crippen LogP contribution in [0.2, 0.25) is 5.02 Å². The van der Waals surface area contributed by atoms with E-state index in [0.29, 0.717) is 32.4 Å². The first kappa shape index (κ1) is 16.7. The SMILES string of the molecule is NC(=O)CC1CCN(S(=O)(=O)c2ccc(Br)cc2Cl)CC1. The summed E-state index contributed by atoms with van der Waals surface area (Å²) in [7, 11) is -3.60. The molecule has 0 radical (unpaired) electrons. The number of benzene rings is 1. The highest BCUT2D eigenvalue weighted by Gasteiger charge is 2.31. The van der Waals surface area contributed by atoms with Gasteiger partial charge < -0.3 is 5.73 Å². The van der Waals surface area contributed by atoms with Crippen molar-refractivity contribution in [1.82, 2.24) is 4.31 Å². The Morgan fingerprint density at radius 1 is 1.38 bits per heavy atom. The fraction of sp³-hybridized carbons (Fsp3) is 0.462. The Kier molecular flexibility index (Phi) is 5.29. The minimum Gasteiger partial charge on any atom is -0.370 e. The van der Waals surface area contributed by atoms with Crippen molar-refractivity contribution in [1.29, 1.82) is 0 Å². The van der Waals surface area contributed by atoms with Gasteiger partial charge in [0, 0.05) is 24.0 Å². The molecule has 1 heterocycles. The molecule has 0 bridgehead atoms. The molecule has 0 atom stereocenters. The molecule has 2 rings (SSSR count). The van der Waals surface area contributed by atoms with Crippen LogP contribution in [0.15, 0.2) is 27.6 Å². The Bertz CT molecular complexity index is 643. The van der Waals surface area contributed by atoms with Crippen LogP contribution in [0.25, 0.3) is 0 Å². The summed E-state index contributed by atoms with van der Waals surface area (Å²) >= 11 is 9.29. The van der Waals surface area contributed by atoms with Gasteiger partial charge in [-0.15, -0.1) is 0 Å². The highest BCUT2D eigenvalue weighted by Crippen LogP contribution is 2.30. The van der Waals surface area contributed by atoms with Crippen molar-refractivity contribution in [3.8, 4) is 0 Å². The molecule has 0 spiro atoms. The molecule has 1 aromatic carbocycles. The molecule has 0 saturated carbocycles. The van der Waals surface area contributed by atoms with E-state index in [1.165, 1.54) is 10.4 Å². The van der Waals surface area contributed by atoms with E-state index in [9.17, 15) is 13.2 Å². The van der Waals surface area contributed by atoms with Crippen molar-refractivity contribution in [3.63, 3.8) is 0 Å². The van der Waals surface area contributed by atoms with E-state index in [2.05, 4.69) is 15.9 Å². The van der Waals surface area contributed by atoms with Gasteiger partial charge in [0.25, 0.3) is 0 Å². The second-order valence-electron chi connectivity index (χ2n) is 5.09. The fourth-order valence-electron chi connectivity index (χ4n) is 2.46. The van der Waals surface area contributed by atoms with Crippen LogP contribution in [-0.2, 0) is 14.8 Å². The molecule has 0 unspecified atom stereocenters. The Morgan fingerprint density at radius 2 is 2.00 bits per heavy atom. The Hall–Kier alpha value is -0.630. The minimum absolute atomic E-state index is 0.112. The van der Waals surface area contributed by atoms with Crippen molar-refractivity contribution in [3.05, 3.63) is 27.7 Å². The largest absolute Gasteiger partial charge is 0.370 e. The molecular formula is C13H16BrClN2O3S. The molecule has 0 aromatic heterocycles. The second kappa shape index (κ2) is 6.64. The van der Waals surface area contributed by atoms with E-state index >= 15 is 0 Å². The van der Waals surface area contributed by atoms with Gasteiger partial charge in [0.2, 0.25) is 15.9 Å². The fourth-order valence-corrected chi connectivity index (χ4v) is 4.94. The lowest BCUT2D eigenvalue weighted by Crippen LogP contribution is -2.39. The molecule has 8 heteroatoms. The molecule has 21 heavy (non-hydrogen) atoms. The van der Waals surface area contributed by atoms with Gasteiger partial charge in [-0.2, -0.15) is 4.31 Å². The first-order valence-electron chi connectivity index (χ1n) is 6.54. The monoisotopic (exact) mass is 394 g/mol. The summed E-state index contributed by atoms with van der Waals surface area (Å²) < 4.78 is 27.3. The van der Waals surface area contributed by atoms with E-state index in [1.807, 2.05) is 0 Å². The van der Waals surface area contributed by atoms with Gasteiger partial charge in [-0.3, -0.25) is 4.79 Å². The third-order valence-electron chi connectivity index (χ3n) is 3.58. The highest BCUT2D eigenvalue weighted by molar-refractivity contribution is 9.10. The van der Waals surface area contributed by atoms with Crippen molar-refractivity contribution < 1.29 is 13.2 Å². The van der Waals surface area contributed by atoms with Gasteiger partial charge in [0.15, 0.2) is 0 Å². The molecule has 1 aliphatic heterocycles. The average molecular weight is 396 g/mol. The first-order valence-corrected chi connectivity index (χ1v) is 9.15. The van der Waals surface area contributed by atoms with E-state index in [4.69, 9.17) is 17.3 Å². The number of piperidine rings is 1. The van der Waals surface area contributed by atoms with Gasteiger partial charge in [0.05, 0.1) is 5.02 Å². The summed E-state index contributed by atoms with van der Waals surface area (Å²) in [6.45, 7) is 0.763. The van der Waals surface area contributed by atoms with Crippen LogP contribution in [0, 0.1) is 5.92 Å². The molecular weight excluding hydrogens is 380 g/mol. The zero-order valence-electron chi connectivity index (χ0n) is 11.3. The molecule has 2 N–H and O–H groups in total. The van der Waals surface area contributed by atoms with Crippen LogP contribution in [-0.4, -0.2) is 31.7 Å². The van der Waals surface area contributed by atoms with Crippen molar-refractivity contribution in [2.24, 2.45) is 11.7 Å². The van der Waals surface area contributed by atoms with Crippen LogP contribution in [0.1, 0.15) is 19.3 Å². The maximum Gasteiger partial charge on any atom is 0.244 e. The summed E-state index contributed by atoms with van der Waals surface area (Å²) in [5, 5.41) is 0.198.